The maximum Gasteiger partial charge on any atom is 0.310 e. The summed E-state index contributed by atoms with van der Waals surface area (Å²) in [6, 6.07) is -0.0857. The molecule has 0 aliphatic rings. The molecule has 0 radical (unpaired) electrons. The Bertz CT molecular complexity index is 145. The molecule has 0 saturated carbocycles. The van der Waals surface area contributed by atoms with Crippen LogP contribution in [0.4, 0.5) is 0 Å². The summed E-state index contributed by atoms with van der Waals surface area (Å²) in [7, 11) is 1.40. The molecule has 0 aliphatic heterocycles. The van der Waals surface area contributed by atoms with Crippen molar-refractivity contribution in [2.24, 2.45) is 17.6 Å². The van der Waals surface area contributed by atoms with Gasteiger partial charge in [-0.2, -0.15) is 0 Å². The van der Waals surface area contributed by atoms with Gasteiger partial charge in [0, 0.05) is 6.04 Å². The van der Waals surface area contributed by atoms with Gasteiger partial charge in [0.15, 0.2) is 0 Å². The average Bonchev–Trinajstić information content (AvgIpc) is 2.03. The van der Waals surface area contributed by atoms with Crippen molar-refractivity contribution in [1.29, 1.82) is 0 Å². The van der Waals surface area contributed by atoms with Crippen molar-refractivity contribution >= 4 is 5.97 Å². The van der Waals surface area contributed by atoms with E-state index < -0.39 is 0 Å². The molecule has 2 unspecified atom stereocenters. The van der Waals surface area contributed by atoms with Gasteiger partial charge in [-0.15, -0.1) is 0 Å². The smallest absolute Gasteiger partial charge is 0.310 e. The summed E-state index contributed by atoms with van der Waals surface area (Å²) in [6.45, 7) is 5.94. The van der Waals surface area contributed by atoms with Crippen LogP contribution in [0.2, 0.25) is 0 Å². The number of nitrogens with two attached hydrogens (primary N) is 1. The third-order valence-corrected chi connectivity index (χ3v) is 2.12. The first kappa shape index (κ1) is 11.4. The Hall–Kier alpha value is -0.570. The lowest BCUT2D eigenvalue weighted by molar-refractivity contribution is -0.147. The number of esters is 1. The summed E-state index contributed by atoms with van der Waals surface area (Å²) >= 11 is 0. The number of methoxy groups -OCH3 is 1. The highest BCUT2D eigenvalue weighted by Gasteiger charge is 2.28. The van der Waals surface area contributed by atoms with E-state index in [1.807, 2.05) is 20.8 Å². The Morgan fingerprint density at radius 2 is 2.00 bits per heavy atom. The summed E-state index contributed by atoms with van der Waals surface area (Å²) in [5.41, 5.74) is 5.79. The van der Waals surface area contributed by atoms with Gasteiger partial charge in [0.2, 0.25) is 0 Å². The van der Waals surface area contributed by atoms with Gasteiger partial charge in [0.25, 0.3) is 0 Å². The Labute approximate surface area is 74.3 Å². The van der Waals surface area contributed by atoms with Crippen LogP contribution in [-0.4, -0.2) is 19.1 Å². The molecule has 2 atom stereocenters. The minimum absolute atomic E-state index is 0.0857. The van der Waals surface area contributed by atoms with Gasteiger partial charge < -0.3 is 10.5 Å². The number of carbonyl (C=O) groups is 1. The standard InChI is InChI=1S/C9H19NO2/c1-5-7(10)8(6(2)3)9(11)12-4/h6-8H,5,10H2,1-4H3. The largest absolute Gasteiger partial charge is 0.469 e. The lowest BCUT2D eigenvalue weighted by atomic mass is 9.88. The molecule has 3 nitrogen and oxygen atoms in total. The summed E-state index contributed by atoms with van der Waals surface area (Å²) in [5.74, 6) is -0.119. The maximum absolute atomic E-state index is 11.3. The zero-order valence-corrected chi connectivity index (χ0v) is 8.33. The predicted octanol–water partition coefficient (Wildman–Crippen LogP) is 1.17. The van der Waals surface area contributed by atoms with Gasteiger partial charge in [-0.05, 0) is 12.3 Å². The normalized spacial score (nSPS) is 15.8. The van der Waals surface area contributed by atoms with Crippen LogP contribution < -0.4 is 5.73 Å². The van der Waals surface area contributed by atoms with Crippen molar-refractivity contribution in [3.8, 4) is 0 Å². The fraction of sp³-hybridized carbons (Fsp3) is 0.889. The zero-order valence-electron chi connectivity index (χ0n) is 8.33. The molecular formula is C9H19NO2. The minimum Gasteiger partial charge on any atom is -0.469 e. The molecule has 12 heavy (non-hydrogen) atoms. The van der Waals surface area contributed by atoms with E-state index in [0.717, 1.165) is 6.42 Å². The second-order valence-electron chi connectivity index (χ2n) is 3.37. The van der Waals surface area contributed by atoms with Crippen LogP contribution >= 0.6 is 0 Å². The van der Waals surface area contributed by atoms with E-state index in [2.05, 4.69) is 4.74 Å². The SMILES string of the molecule is CCC(N)C(C(=O)OC)C(C)C. The van der Waals surface area contributed by atoms with Gasteiger partial charge in [0.05, 0.1) is 13.0 Å². The van der Waals surface area contributed by atoms with E-state index in [4.69, 9.17) is 5.73 Å². The fourth-order valence-corrected chi connectivity index (χ4v) is 1.33. The number of rotatable bonds is 4. The molecule has 0 rings (SSSR count). The van der Waals surface area contributed by atoms with Gasteiger partial charge in [-0.1, -0.05) is 20.8 Å². The van der Waals surface area contributed by atoms with E-state index in [9.17, 15) is 4.79 Å². The maximum atomic E-state index is 11.3. The summed E-state index contributed by atoms with van der Waals surface area (Å²) in [5, 5.41) is 0. The molecular weight excluding hydrogens is 154 g/mol. The van der Waals surface area contributed by atoms with Crippen LogP contribution in [0.15, 0.2) is 0 Å². The first-order valence-electron chi connectivity index (χ1n) is 4.38. The molecule has 0 heterocycles. The van der Waals surface area contributed by atoms with Gasteiger partial charge in [0.1, 0.15) is 0 Å². The predicted molar refractivity (Wildman–Crippen MR) is 48.6 cm³/mol. The van der Waals surface area contributed by atoms with E-state index in [-0.39, 0.29) is 23.8 Å². The highest BCUT2D eigenvalue weighted by Crippen LogP contribution is 2.17. The molecule has 72 valence electrons. The molecule has 2 N–H and O–H groups in total. The van der Waals surface area contributed by atoms with Crippen LogP contribution in [0.25, 0.3) is 0 Å². The van der Waals surface area contributed by atoms with Crippen LogP contribution in [0.1, 0.15) is 27.2 Å². The summed E-state index contributed by atoms with van der Waals surface area (Å²) in [6.07, 6.45) is 0.804. The van der Waals surface area contributed by atoms with E-state index in [1.54, 1.807) is 0 Å². The average molecular weight is 173 g/mol. The Morgan fingerprint density at radius 1 is 1.50 bits per heavy atom. The van der Waals surface area contributed by atoms with Crippen molar-refractivity contribution < 1.29 is 9.53 Å². The molecule has 0 aromatic heterocycles. The zero-order chi connectivity index (χ0) is 9.72. The van der Waals surface area contributed by atoms with Crippen molar-refractivity contribution in [3.05, 3.63) is 0 Å². The Morgan fingerprint density at radius 3 is 2.25 bits per heavy atom. The fourth-order valence-electron chi connectivity index (χ4n) is 1.33. The monoisotopic (exact) mass is 173 g/mol. The second kappa shape index (κ2) is 5.14. The van der Waals surface area contributed by atoms with Crippen LogP contribution in [-0.2, 0) is 9.53 Å². The summed E-state index contributed by atoms with van der Waals surface area (Å²) in [4.78, 5) is 11.3. The first-order valence-corrected chi connectivity index (χ1v) is 4.38. The molecule has 3 heteroatoms. The highest BCUT2D eigenvalue weighted by molar-refractivity contribution is 5.73. The minimum atomic E-state index is -0.195. The van der Waals surface area contributed by atoms with Crippen molar-refractivity contribution in [2.75, 3.05) is 7.11 Å². The molecule has 0 aliphatic carbocycles. The van der Waals surface area contributed by atoms with Gasteiger partial charge in [-0.25, -0.2) is 0 Å². The number of carbonyl (C=O) groups excluding carboxylic acids is 1. The molecule has 0 saturated heterocycles. The number of hydrogen-bond acceptors (Lipinski definition) is 3. The van der Waals surface area contributed by atoms with E-state index in [0.29, 0.717) is 0 Å². The van der Waals surface area contributed by atoms with Crippen molar-refractivity contribution in [1.82, 2.24) is 0 Å². The van der Waals surface area contributed by atoms with Crippen molar-refractivity contribution in [3.63, 3.8) is 0 Å². The molecule has 0 spiro atoms. The third-order valence-electron chi connectivity index (χ3n) is 2.12. The lowest BCUT2D eigenvalue weighted by Gasteiger charge is -2.23. The topological polar surface area (TPSA) is 52.3 Å². The lowest BCUT2D eigenvalue weighted by Crippen LogP contribution is -2.39. The molecule has 0 aromatic carbocycles. The Kier molecular flexibility index (Phi) is 4.90. The number of ether oxygens (including phenoxy) is 1. The van der Waals surface area contributed by atoms with E-state index >= 15 is 0 Å². The summed E-state index contributed by atoms with van der Waals surface area (Å²) < 4.78 is 4.68. The molecule has 0 amide bonds. The van der Waals surface area contributed by atoms with Gasteiger partial charge in [-0.3, -0.25) is 4.79 Å². The molecule has 0 fully saturated rings. The quantitative estimate of drug-likeness (QED) is 0.649. The van der Waals surface area contributed by atoms with Crippen LogP contribution in [0.5, 0.6) is 0 Å². The van der Waals surface area contributed by atoms with Crippen LogP contribution in [0.3, 0.4) is 0 Å². The molecule has 0 bridgehead atoms. The van der Waals surface area contributed by atoms with Crippen molar-refractivity contribution in [2.45, 2.75) is 33.2 Å². The van der Waals surface area contributed by atoms with E-state index in [1.165, 1.54) is 7.11 Å². The first-order chi connectivity index (χ1) is 5.54. The molecule has 0 aromatic rings. The third kappa shape index (κ3) is 2.81. The second-order valence-corrected chi connectivity index (χ2v) is 3.37. The highest BCUT2D eigenvalue weighted by atomic mass is 16.5. The van der Waals surface area contributed by atoms with Gasteiger partial charge >= 0.3 is 5.97 Å². The Balaban J connectivity index is 4.32. The number of hydrogen-bond donors (Lipinski definition) is 1. The van der Waals surface area contributed by atoms with Crippen LogP contribution in [0, 0.1) is 11.8 Å².